The van der Waals surface area contributed by atoms with Gasteiger partial charge in [0.15, 0.2) is 0 Å². The van der Waals surface area contributed by atoms with Gasteiger partial charge in [-0.05, 0) is 39.4 Å². The van der Waals surface area contributed by atoms with Gasteiger partial charge >= 0.3 is 0 Å². The molecule has 0 spiro atoms. The minimum atomic E-state index is 0.768. The molecule has 1 unspecified atom stereocenters. The van der Waals surface area contributed by atoms with Crippen LogP contribution in [0.3, 0.4) is 0 Å². The van der Waals surface area contributed by atoms with E-state index in [1.54, 1.807) is 0 Å². The van der Waals surface area contributed by atoms with Crippen LogP contribution in [0.1, 0.15) is 64.7 Å². The average molecular weight is 240 g/mol. The lowest BCUT2D eigenvalue weighted by Crippen LogP contribution is -2.35. The maximum absolute atomic E-state index is 3.57. The second kappa shape index (κ2) is 9.90. The van der Waals surface area contributed by atoms with Crippen LogP contribution in [0.4, 0.5) is 0 Å². The topological polar surface area (TPSA) is 15.3 Å². The summed E-state index contributed by atoms with van der Waals surface area (Å²) in [6.45, 7) is 6.05. The fourth-order valence-electron chi connectivity index (χ4n) is 2.72. The Bertz CT molecular complexity index is 164. The predicted molar refractivity (Wildman–Crippen MR) is 76.5 cm³/mol. The van der Waals surface area contributed by atoms with Crippen molar-refractivity contribution in [3.63, 3.8) is 0 Å². The lowest BCUT2D eigenvalue weighted by molar-refractivity contribution is 0.293. The van der Waals surface area contributed by atoms with Crippen LogP contribution in [-0.2, 0) is 0 Å². The second-order valence-corrected chi connectivity index (χ2v) is 5.68. The van der Waals surface area contributed by atoms with E-state index in [0.29, 0.717) is 0 Å². The molecule has 2 heteroatoms. The molecule has 1 heterocycles. The van der Waals surface area contributed by atoms with Crippen LogP contribution in [0.2, 0.25) is 0 Å². The van der Waals surface area contributed by atoms with Gasteiger partial charge in [-0.25, -0.2) is 0 Å². The standard InChI is InChI=1S/C15H32N2/c1-3-4-5-6-7-8-9-13-17(2)14-15-11-10-12-16-15/h15-16H,3-14H2,1-2H3. The zero-order chi connectivity index (χ0) is 12.3. The van der Waals surface area contributed by atoms with Crippen LogP contribution in [0.25, 0.3) is 0 Å². The predicted octanol–water partition coefficient (Wildman–Crippen LogP) is 3.42. The van der Waals surface area contributed by atoms with Gasteiger partial charge in [0.2, 0.25) is 0 Å². The van der Waals surface area contributed by atoms with E-state index in [9.17, 15) is 0 Å². The van der Waals surface area contributed by atoms with Gasteiger partial charge in [0.05, 0.1) is 0 Å². The molecule has 0 aliphatic carbocycles. The number of likely N-dealkylation sites (N-methyl/N-ethyl adjacent to an activating group) is 1. The molecule has 17 heavy (non-hydrogen) atoms. The number of nitrogens with one attached hydrogen (secondary N) is 1. The summed E-state index contributed by atoms with van der Waals surface area (Å²) in [7, 11) is 2.27. The first kappa shape index (κ1) is 15.0. The van der Waals surface area contributed by atoms with E-state index in [-0.39, 0.29) is 0 Å². The third-order valence-electron chi connectivity index (χ3n) is 3.84. The summed E-state index contributed by atoms with van der Waals surface area (Å²) < 4.78 is 0. The molecule has 0 aromatic rings. The van der Waals surface area contributed by atoms with E-state index in [1.165, 1.54) is 77.4 Å². The molecule has 0 aromatic heterocycles. The summed E-state index contributed by atoms with van der Waals surface area (Å²) in [5, 5.41) is 3.57. The van der Waals surface area contributed by atoms with Crippen LogP contribution in [0.15, 0.2) is 0 Å². The molecule has 0 radical (unpaired) electrons. The van der Waals surface area contributed by atoms with Crippen molar-refractivity contribution in [3.8, 4) is 0 Å². The number of hydrogen-bond acceptors (Lipinski definition) is 2. The van der Waals surface area contributed by atoms with Crippen molar-refractivity contribution >= 4 is 0 Å². The maximum Gasteiger partial charge on any atom is 0.0195 e. The lowest BCUT2D eigenvalue weighted by Gasteiger charge is -2.20. The van der Waals surface area contributed by atoms with Crippen LogP contribution in [0, 0.1) is 0 Å². The van der Waals surface area contributed by atoms with E-state index in [1.807, 2.05) is 0 Å². The Labute approximate surface area is 108 Å². The Kier molecular flexibility index (Phi) is 8.72. The highest BCUT2D eigenvalue weighted by atomic mass is 15.1. The van der Waals surface area contributed by atoms with E-state index in [2.05, 4.69) is 24.2 Å². The first-order chi connectivity index (χ1) is 8.33. The van der Waals surface area contributed by atoms with Gasteiger partial charge in [0, 0.05) is 12.6 Å². The smallest absolute Gasteiger partial charge is 0.0195 e. The van der Waals surface area contributed by atoms with Crippen molar-refractivity contribution < 1.29 is 0 Å². The number of rotatable bonds is 10. The summed E-state index contributed by atoms with van der Waals surface area (Å²) >= 11 is 0. The minimum absolute atomic E-state index is 0.768. The average Bonchev–Trinajstić information content (AvgIpc) is 2.80. The molecule has 1 N–H and O–H groups in total. The molecule has 2 nitrogen and oxygen atoms in total. The third-order valence-corrected chi connectivity index (χ3v) is 3.84. The third kappa shape index (κ3) is 7.77. The van der Waals surface area contributed by atoms with Crippen LogP contribution in [-0.4, -0.2) is 37.6 Å². The normalized spacial score (nSPS) is 20.3. The van der Waals surface area contributed by atoms with Crippen molar-refractivity contribution in [2.24, 2.45) is 0 Å². The molecule has 1 fully saturated rings. The number of hydrogen-bond donors (Lipinski definition) is 1. The number of nitrogens with zero attached hydrogens (tertiary/aromatic N) is 1. The van der Waals surface area contributed by atoms with Gasteiger partial charge in [0.25, 0.3) is 0 Å². The van der Waals surface area contributed by atoms with Crippen molar-refractivity contribution in [1.82, 2.24) is 10.2 Å². The number of unbranched alkanes of at least 4 members (excludes halogenated alkanes) is 6. The van der Waals surface area contributed by atoms with Crippen molar-refractivity contribution in [3.05, 3.63) is 0 Å². The molecular formula is C15H32N2. The molecular weight excluding hydrogens is 208 g/mol. The molecule has 1 aliphatic heterocycles. The summed E-state index contributed by atoms with van der Waals surface area (Å²) in [5.74, 6) is 0. The quantitative estimate of drug-likeness (QED) is 0.589. The molecule has 1 saturated heterocycles. The Morgan fingerprint density at radius 2 is 1.76 bits per heavy atom. The highest BCUT2D eigenvalue weighted by Crippen LogP contribution is 2.09. The summed E-state index contributed by atoms with van der Waals surface area (Å²) in [6.07, 6.45) is 12.7. The van der Waals surface area contributed by atoms with Gasteiger partial charge in [-0.1, -0.05) is 45.4 Å². The first-order valence-electron chi connectivity index (χ1n) is 7.75. The first-order valence-corrected chi connectivity index (χ1v) is 7.75. The monoisotopic (exact) mass is 240 g/mol. The van der Waals surface area contributed by atoms with Crippen LogP contribution < -0.4 is 5.32 Å². The fraction of sp³-hybridized carbons (Fsp3) is 1.00. The zero-order valence-electron chi connectivity index (χ0n) is 12.0. The summed E-state index contributed by atoms with van der Waals surface area (Å²) in [6, 6.07) is 0.768. The molecule has 0 saturated carbocycles. The van der Waals surface area contributed by atoms with Crippen molar-refractivity contribution in [2.45, 2.75) is 70.8 Å². The van der Waals surface area contributed by atoms with Gasteiger partial charge < -0.3 is 10.2 Å². The largest absolute Gasteiger partial charge is 0.313 e. The molecule has 0 amide bonds. The van der Waals surface area contributed by atoms with E-state index in [0.717, 1.165) is 6.04 Å². The van der Waals surface area contributed by atoms with Gasteiger partial charge in [-0.2, -0.15) is 0 Å². The molecule has 1 aliphatic rings. The minimum Gasteiger partial charge on any atom is -0.313 e. The lowest BCUT2D eigenvalue weighted by atomic mass is 10.1. The van der Waals surface area contributed by atoms with E-state index in [4.69, 9.17) is 0 Å². The summed E-state index contributed by atoms with van der Waals surface area (Å²) in [5.41, 5.74) is 0. The highest BCUT2D eigenvalue weighted by Gasteiger charge is 2.15. The molecule has 0 bridgehead atoms. The van der Waals surface area contributed by atoms with Gasteiger partial charge in [-0.15, -0.1) is 0 Å². The molecule has 102 valence electrons. The Hall–Kier alpha value is -0.0800. The van der Waals surface area contributed by atoms with Crippen molar-refractivity contribution in [1.29, 1.82) is 0 Å². The SMILES string of the molecule is CCCCCCCCCN(C)CC1CCCN1. The van der Waals surface area contributed by atoms with Gasteiger partial charge in [0.1, 0.15) is 0 Å². The van der Waals surface area contributed by atoms with E-state index >= 15 is 0 Å². The van der Waals surface area contributed by atoms with Crippen LogP contribution >= 0.6 is 0 Å². The second-order valence-electron chi connectivity index (χ2n) is 5.68. The van der Waals surface area contributed by atoms with Crippen LogP contribution in [0.5, 0.6) is 0 Å². The summed E-state index contributed by atoms with van der Waals surface area (Å²) in [4.78, 5) is 2.51. The molecule has 1 atom stereocenters. The van der Waals surface area contributed by atoms with Crippen molar-refractivity contribution in [2.75, 3.05) is 26.7 Å². The zero-order valence-corrected chi connectivity index (χ0v) is 12.0. The van der Waals surface area contributed by atoms with Gasteiger partial charge in [-0.3, -0.25) is 0 Å². The Morgan fingerprint density at radius 3 is 2.41 bits per heavy atom. The fourth-order valence-corrected chi connectivity index (χ4v) is 2.72. The maximum atomic E-state index is 3.57. The Morgan fingerprint density at radius 1 is 1.06 bits per heavy atom. The molecule has 1 rings (SSSR count). The highest BCUT2D eigenvalue weighted by molar-refractivity contribution is 4.76. The Balaban J connectivity index is 1.84. The molecule has 0 aromatic carbocycles. The van der Waals surface area contributed by atoms with E-state index < -0.39 is 0 Å².